The van der Waals surface area contributed by atoms with Gasteiger partial charge in [-0.1, -0.05) is 6.92 Å². The first-order chi connectivity index (χ1) is 8.53. The van der Waals surface area contributed by atoms with Crippen molar-refractivity contribution in [2.75, 3.05) is 45.5 Å². The fourth-order valence-electron chi connectivity index (χ4n) is 2.09. The Kier molecular flexibility index (Phi) is 7.14. The van der Waals surface area contributed by atoms with Gasteiger partial charge < -0.3 is 10.2 Å². The molecule has 5 nitrogen and oxygen atoms in total. The Labute approximate surface area is 111 Å². The van der Waals surface area contributed by atoms with Crippen LogP contribution in [0.15, 0.2) is 0 Å². The molecule has 0 radical (unpaired) electrons. The standard InChI is InChI=1S/C12H27N3O2S/c1-3-6-13-7-10-18(16,17)14-11-12-4-8-15(2)9-5-12/h12-14H,3-11H2,1-2H3. The SMILES string of the molecule is CCCNCCS(=O)(=O)NCC1CCN(C)CC1. The molecule has 0 aromatic carbocycles. The molecule has 1 rings (SSSR count). The van der Waals surface area contributed by atoms with E-state index < -0.39 is 10.0 Å². The summed E-state index contributed by atoms with van der Waals surface area (Å²) in [6.07, 6.45) is 3.21. The molecule has 0 aromatic heterocycles. The molecule has 1 aliphatic rings. The minimum Gasteiger partial charge on any atom is -0.316 e. The van der Waals surface area contributed by atoms with Gasteiger partial charge in [-0.15, -0.1) is 0 Å². The summed E-state index contributed by atoms with van der Waals surface area (Å²) in [5.74, 6) is 0.680. The second kappa shape index (κ2) is 8.09. The number of nitrogens with one attached hydrogen (secondary N) is 2. The second-order valence-corrected chi connectivity index (χ2v) is 7.09. The molecule has 0 atom stereocenters. The molecule has 18 heavy (non-hydrogen) atoms. The third-order valence-electron chi connectivity index (χ3n) is 3.40. The van der Waals surface area contributed by atoms with Gasteiger partial charge in [0.25, 0.3) is 0 Å². The van der Waals surface area contributed by atoms with Crippen molar-refractivity contribution in [1.29, 1.82) is 0 Å². The van der Waals surface area contributed by atoms with E-state index in [1.807, 2.05) is 0 Å². The number of piperidine rings is 1. The maximum Gasteiger partial charge on any atom is 0.212 e. The third kappa shape index (κ3) is 6.68. The summed E-state index contributed by atoms with van der Waals surface area (Å²) in [7, 11) is -0.990. The van der Waals surface area contributed by atoms with Crippen molar-refractivity contribution in [3.63, 3.8) is 0 Å². The van der Waals surface area contributed by atoms with Crippen LogP contribution >= 0.6 is 0 Å². The molecule has 0 aliphatic carbocycles. The Bertz CT molecular complexity index is 311. The number of likely N-dealkylation sites (tertiary alicyclic amines) is 1. The number of sulfonamides is 1. The van der Waals surface area contributed by atoms with E-state index in [1.54, 1.807) is 0 Å². The third-order valence-corrected chi connectivity index (χ3v) is 4.75. The van der Waals surface area contributed by atoms with Gasteiger partial charge in [0.15, 0.2) is 0 Å². The molecular formula is C12H27N3O2S. The van der Waals surface area contributed by atoms with Crippen LogP contribution in [0, 0.1) is 5.92 Å². The Morgan fingerprint density at radius 1 is 1.22 bits per heavy atom. The zero-order valence-electron chi connectivity index (χ0n) is 11.6. The van der Waals surface area contributed by atoms with Gasteiger partial charge in [-0.2, -0.15) is 0 Å². The van der Waals surface area contributed by atoms with Gasteiger partial charge in [0.05, 0.1) is 5.75 Å². The van der Waals surface area contributed by atoms with Crippen molar-refractivity contribution in [1.82, 2.24) is 14.9 Å². The molecule has 1 saturated heterocycles. The molecular weight excluding hydrogens is 250 g/mol. The Morgan fingerprint density at radius 2 is 1.89 bits per heavy atom. The molecule has 0 spiro atoms. The number of rotatable bonds is 8. The van der Waals surface area contributed by atoms with Crippen LogP contribution in [0.1, 0.15) is 26.2 Å². The van der Waals surface area contributed by atoms with Gasteiger partial charge in [0.1, 0.15) is 0 Å². The normalized spacial score (nSPS) is 19.2. The topological polar surface area (TPSA) is 61.4 Å². The largest absolute Gasteiger partial charge is 0.316 e. The molecule has 6 heteroatoms. The van der Waals surface area contributed by atoms with Gasteiger partial charge in [-0.25, -0.2) is 13.1 Å². The van der Waals surface area contributed by atoms with E-state index in [4.69, 9.17) is 0 Å². The highest BCUT2D eigenvalue weighted by atomic mass is 32.2. The van der Waals surface area contributed by atoms with Gasteiger partial charge in [-0.05, 0) is 51.9 Å². The lowest BCUT2D eigenvalue weighted by atomic mass is 9.98. The molecule has 0 saturated carbocycles. The lowest BCUT2D eigenvalue weighted by molar-refractivity contribution is 0.220. The average Bonchev–Trinajstić information content (AvgIpc) is 2.34. The van der Waals surface area contributed by atoms with Crippen LogP contribution in [-0.4, -0.2) is 58.8 Å². The van der Waals surface area contributed by atoms with Crippen LogP contribution in [0.5, 0.6) is 0 Å². The highest BCUT2D eigenvalue weighted by Gasteiger charge is 2.18. The summed E-state index contributed by atoms with van der Waals surface area (Å²) in [5.41, 5.74) is 0. The maximum atomic E-state index is 11.7. The van der Waals surface area contributed by atoms with E-state index in [1.165, 1.54) is 0 Å². The zero-order valence-corrected chi connectivity index (χ0v) is 12.4. The zero-order chi connectivity index (χ0) is 13.4. The number of hydrogen-bond acceptors (Lipinski definition) is 4. The van der Waals surface area contributed by atoms with Gasteiger partial charge in [0, 0.05) is 13.1 Å². The predicted octanol–water partition coefficient (Wildman–Crippen LogP) is 0.247. The molecule has 1 heterocycles. The Balaban J connectivity index is 2.16. The van der Waals surface area contributed by atoms with Crippen LogP contribution in [0.25, 0.3) is 0 Å². The van der Waals surface area contributed by atoms with Crippen molar-refractivity contribution >= 4 is 10.0 Å². The number of hydrogen-bond donors (Lipinski definition) is 2. The molecule has 0 unspecified atom stereocenters. The molecule has 0 aromatic rings. The first kappa shape index (κ1) is 15.9. The summed E-state index contributed by atoms with van der Waals surface area (Å²) in [4.78, 5) is 2.29. The minimum absolute atomic E-state index is 0.180. The first-order valence-electron chi connectivity index (χ1n) is 6.90. The van der Waals surface area contributed by atoms with Gasteiger partial charge >= 0.3 is 0 Å². The predicted molar refractivity (Wildman–Crippen MR) is 75.2 cm³/mol. The van der Waals surface area contributed by atoms with Crippen molar-refractivity contribution in [2.45, 2.75) is 26.2 Å². The lowest BCUT2D eigenvalue weighted by Gasteiger charge is -2.28. The van der Waals surface area contributed by atoms with Gasteiger partial charge in [0.2, 0.25) is 10.0 Å². The highest BCUT2D eigenvalue weighted by molar-refractivity contribution is 7.89. The van der Waals surface area contributed by atoms with Crippen molar-refractivity contribution in [3.8, 4) is 0 Å². The highest BCUT2D eigenvalue weighted by Crippen LogP contribution is 2.14. The summed E-state index contributed by atoms with van der Waals surface area (Å²) < 4.78 is 26.2. The Morgan fingerprint density at radius 3 is 2.50 bits per heavy atom. The maximum absolute atomic E-state index is 11.7. The molecule has 2 N–H and O–H groups in total. The monoisotopic (exact) mass is 277 g/mol. The van der Waals surface area contributed by atoms with E-state index in [9.17, 15) is 8.42 Å². The molecule has 1 aliphatic heterocycles. The molecule has 0 bridgehead atoms. The Hall–Kier alpha value is -0.170. The molecule has 0 amide bonds. The van der Waals surface area contributed by atoms with Crippen LogP contribution in [0.2, 0.25) is 0 Å². The van der Waals surface area contributed by atoms with Crippen LogP contribution < -0.4 is 10.0 Å². The number of nitrogens with zero attached hydrogens (tertiary/aromatic N) is 1. The van der Waals surface area contributed by atoms with Crippen molar-refractivity contribution < 1.29 is 8.42 Å². The van der Waals surface area contributed by atoms with E-state index in [2.05, 4.69) is 28.9 Å². The molecule has 108 valence electrons. The summed E-state index contributed by atoms with van der Waals surface area (Å²) >= 11 is 0. The minimum atomic E-state index is -3.10. The molecule has 1 fully saturated rings. The van der Waals surface area contributed by atoms with Crippen LogP contribution in [-0.2, 0) is 10.0 Å². The smallest absolute Gasteiger partial charge is 0.212 e. The fraction of sp³-hybridized carbons (Fsp3) is 1.00. The lowest BCUT2D eigenvalue weighted by Crippen LogP contribution is -2.39. The van der Waals surface area contributed by atoms with Crippen LogP contribution in [0.3, 0.4) is 0 Å². The van der Waals surface area contributed by atoms with Crippen molar-refractivity contribution in [3.05, 3.63) is 0 Å². The summed E-state index contributed by atoms with van der Waals surface area (Å²) in [6.45, 7) is 6.24. The average molecular weight is 277 g/mol. The van der Waals surface area contributed by atoms with Gasteiger partial charge in [-0.3, -0.25) is 0 Å². The van der Waals surface area contributed by atoms with E-state index in [0.717, 1.165) is 38.9 Å². The van der Waals surface area contributed by atoms with Crippen LogP contribution in [0.4, 0.5) is 0 Å². The second-order valence-electron chi connectivity index (χ2n) is 5.16. The van der Waals surface area contributed by atoms with E-state index >= 15 is 0 Å². The van der Waals surface area contributed by atoms with E-state index in [0.29, 0.717) is 19.0 Å². The summed E-state index contributed by atoms with van der Waals surface area (Å²) in [5, 5.41) is 3.11. The fourth-order valence-corrected chi connectivity index (χ4v) is 3.14. The van der Waals surface area contributed by atoms with Crippen molar-refractivity contribution in [2.24, 2.45) is 5.92 Å². The van der Waals surface area contributed by atoms with E-state index in [-0.39, 0.29) is 5.75 Å². The quantitative estimate of drug-likeness (QED) is 0.624. The summed E-state index contributed by atoms with van der Waals surface area (Å²) in [6, 6.07) is 0. The first-order valence-corrected chi connectivity index (χ1v) is 8.55.